The molecule has 0 fully saturated rings. The fraction of sp³-hybridized carbons (Fsp3) is 0.316. The molecule has 0 aliphatic rings. The van der Waals surface area contributed by atoms with Gasteiger partial charge in [-0.1, -0.05) is 12.1 Å². The van der Waals surface area contributed by atoms with E-state index in [1.54, 1.807) is 36.5 Å². The van der Waals surface area contributed by atoms with Crippen molar-refractivity contribution in [3.8, 4) is 17.9 Å². The minimum Gasteiger partial charge on any atom is -0.484 e. The number of carbonyl (C=O) groups is 1. The predicted molar refractivity (Wildman–Crippen MR) is 94.0 cm³/mol. The van der Waals surface area contributed by atoms with Crippen LogP contribution in [0, 0.1) is 22.7 Å². The van der Waals surface area contributed by atoms with Crippen LogP contribution in [0.3, 0.4) is 0 Å². The smallest absolute Gasteiger partial charge is 0.263 e. The topological polar surface area (TPSA) is 90.8 Å². The van der Waals surface area contributed by atoms with Crippen molar-refractivity contribution in [2.45, 2.75) is 32.7 Å². The molecule has 0 atom stereocenters. The number of amides is 1. The first-order valence-electron chi connectivity index (χ1n) is 7.85. The zero-order chi connectivity index (χ0) is 18.4. The van der Waals surface area contributed by atoms with Gasteiger partial charge in [0.1, 0.15) is 17.6 Å². The van der Waals surface area contributed by atoms with Gasteiger partial charge in [-0.3, -0.25) is 4.79 Å². The highest BCUT2D eigenvalue weighted by Crippen LogP contribution is 2.24. The van der Waals surface area contributed by atoms with Crippen LogP contribution in [0.4, 0.5) is 5.82 Å². The zero-order valence-corrected chi connectivity index (χ0v) is 14.5. The number of aromatic nitrogens is 1. The van der Waals surface area contributed by atoms with Crippen LogP contribution >= 0.6 is 0 Å². The molecule has 1 N–H and O–H groups in total. The maximum Gasteiger partial charge on any atom is 0.263 e. The van der Waals surface area contributed by atoms with E-state index in [0.29, 0.717) is 23.6 Å². The van der Waals surface area contributed by atoms with Crippen molar-refractivity contribution in [1.82, 2.24) is 4.57 Å². The van der Waals surface area contributed by atoms with Crippen molar-refractivity contribution in [3.05, 3.63) is 47.7 Å². The standard InChI is InChI=1S/C19H20N4O2/c1-19(2,3)23-12-15(11-21)10-17(23)22-18(24)13-25-16-6-4-14(5-7-16)8-9-20/h4-7,10,12H,8,13H2,1-3H3,(H,22,24). The summed E-state index contributed by atoms with van der Waals surface area (Å²) in [5.41, 5.74) is 1.11. The van der Waals surface area contributed by atoms with Gasteiger partial charge in [0.25, 0.3) is 5.91 Å². The van der Waals surface area contributed by atoms with Gasteiger partial charge in [0.15, 0.2) is 6.61 Å². The second-order valence-electron chi connectivity index (χ2n) is 6.58. The van der Waals surface area contributed by atoms with Crippen LogP contribution in [0.15, 0.2) is 36.5 Å². The molecule has 6 nitrogen and oxygen atoms in total. The molecule has 6 heteroatoms. The normalized spacial score (nSPS) is 10.6. The molecule has 0 radical (unpaired) electrons. The summed E-state index contributed by atoms with van der Waals surface area (Å²) in [6.07, 6.45) is 2.05. The average Bonchev–Trinajstić information content (AvgIpc) is 2.98. The third-order valence-electron chi connectivity index (χ3n) is 3.52. The van der Waals surface area contributed by atoms with E-state index >= 15 is 0 Å². The van der Waals surface area contributed by atoms with E-state index in [4.69, 9.17) is 15.3 Å². The molecule has 0 unspecified atom stereocenters. The number of benzene rings is 1. The Bertz CT molecular complexity index is 830. The van der Waals surface area contributed by atoms with E-state index in [-0.39, 0.29) is 18.1 Å². The summed E-state index contributed by atoms with van der Waals surface area (Å²) < 4.78 is 7.31. The third-order valence-corrected chi connectivity index (χ3v) is 3.52. The average molecular weight is 336 g/mol. The first-order chi connectivity index (χ1) is 11.8. The number of nitrogens with one attached hydrogen (secondary N) is 1. The number of nitrogens with zero attached hydrogens (tertiary/aromatic N) is 3. The molecule has 2 rings (SSSR count). The van der Waals surface area contributed by atoms with Crippen LogP contribution in [-0.2, 0) is 16.8 Å². The summed E-state index contributed by atoms with van der Waals surface area (Å²) >= 11 is 0. The van der Waals surface area contributed by atoms with Crippen LogP contribution in [0.2, 0.25) is 0 Å². The fourth-order valence-electron chi connectivity index (χ4n) is 2.30. The molecule has 0 aliphatic carbocycles. The maximum absolute atomic E-state index is 12.2. The van der Waals surface area contributed by atoms with Crippen molar-refractivity contribution in [1.29, 1.82) is 10.5 Å². The lowest BCUT2D eigenvalue weighted by molar-refractivity contribution is -0.118. The number of nitriles is 2. The number of hydrogen-bond acceptors (Lipinski definition) is 4. The van der Waals surface area contributed by atoms with Crippen molar-refractivity contribution in [2.75, 3.05) is 11.9 Å². The molecule has 1 heterocycles. The minimum absolute atomic E-state index is 0.144. The van der Waals surface area contributed by atoms with E-state index in [9.17, 15) is 4.79 Å². The largest absolute Gasteiger partial charge is 0.484 e. The Labute approximate surface area is 147 Å². The second-order valence-corrected chi connectivity index (χ2v) is 6.58. The molecule has 0 spiro atoms. The summed E-state index contributed by atoms with van der Waals surface area (Å²) in [4.78, 5) is 12.2. The molecule has 1 aromatic heterocycles. The van der Waals surface area contributed by atoms with Gasteiger partial charge in [-0.15, -0.1) is 0 Å². The Balaban J connectivity index is 2.00. The fourth-order valence-corrected chi connectivity index (χ4v) is 2.30. The van der Waals surface area contributed by atoms with E-state index in [0.717, 1.165) is 5.56 Å². The van der Waals surface area contributed by atoms with Crippen molar-refractivity contribution < 1.29 is 9.53 Å². The number of hydrogen-bond donors (Lipinski definition) is 1. The first-order valence-corrected chi connectivity index (χ1v) is 7.85. The van der Waals surface area contributed by atoms with Gasteiger partial charge in [0.2, 0.25) is 0 Å². The minimum atomic E-state index is -0.311. The lowest BCUT2D eigenvalue weighted by Gasteiger charge is -2.24. The molecular weight excluding hydrogens is 316 g/mol. The Hall–Kier alpha value is -3.25. The van der Waals surface area contributed by atoms with E-state index in [2.05, 4.69) is 17.5 Å². The monoisotopic (exact) mass is 336 g/mol. The summed E-state index contributed by atoms with van der Waals surface area (Å²) in [5, 5.41) is 20.5. The summed E-state index contributed by atoms with van der Waals surface area (Å²) in [6.45, 7) is 5.82. The molecule has 25 heavy (non-hydrogen) atoms. The highest BCUT2D eigenvalue weighted by atomic mass is 16.5. The number of rotatable bonds is 5. The zero-order valence-electron chi connectivity index (χ0n) is 14.5. The third kappa shape index (κ3) is 4.86. The lowest BCUT2D eigenvalue weighted by Crippen LogP contribution is -2.27. The van der Waals surface area contributed by atoms with Gasteiger partial charge in [0, 0.05) is 11.7 Å². The van der Waals surface area contributed by atoms with Crippen LogP contribution in [-0.4, -0.2) is 17.1 Å². The van der Waals surface area contributed by atoms with Crippen LogP contribution in [0.5, 0.6) is 5.75 Å². The Kier molecular flexibility index (Phi) is 5.46. The molecule has 128 valence electrons. The van der Waals surface area contributed by atoms with Crippen molar-refractivity contribution >= 4 is 11.7 Å². The molecule has 0 aliphatic heterocycles. The van der Waals surface area contributed by atoms with Crippen LogP contribution in [0.1, 0.15) is 31.9 Å². The van der Waals surface area contributed by atoms with Gasteiger partial charge in [-0.25, -0.2) is 0 Å². The van der Waals surface area contributed by atoms with Gasteiger partial charge in [-0.2, -0.15) is 10.5 Å². The lowest BCUT2D eigenvalue weighted by atomic mass is 10.1. The molecule has 0 bridgehead atoms. The van der Waals surface area contributed by atoms with Gasteiger partial charge in [-0.05, 0) is 44.5 Å². The van der Waals surface area contributed by atoms with E-state index in [1.165, 1.54) is 0 Å². The molecule has 1 aromatic carbocycles. The number of ether oxygens (including phenoxy) is 1. The van der Waals surface area contributed by atoms with Crippen LogP contribution in [0.25, 0.3) is 0 Å². The SMILES string of the molecule is CC(C)(C)n1cc(C#N)cc1NC(=O)COc1ccc(CC#N)cc1. The number of carbonyl (C=O) groups excluding carboxylic acids is 1. The Morgan fingerprint density at radius 3 is 2.48 bits per heavy atom. The molecule has 1 amide bonds. The van der Waals surface area contributed by atoms with Gasteiger partial charge >= 0.3 is 0 Å². The Morgan fingerprint density at radius 2 is 1.92 bits per heavy atom. The summed E-state index contributed by atoms with van der Waals surface area (Å²) in [5.74, 6) is 0.803. The van der Waals surface area contributed by atoms with E-state index < -0.39 is 0 Å². The highest BCUT2D eigenvalue weighted by molar-refractivity contribution is 5.91. The second kappa shape index (κ2) is 7.55. The van der Waals surface area contributed by atoms with Gasteiger partial charge < -0.3 is 14.6 Å². The van der Waals surface area contributed by atoms with Gasteiger partial charge in [0.05, 0.1) is 18.1 Å². The number of anilines is 1. The molecule has 0 saturated heterocycles. The maximum atomic E-state index is 12.2. The molecular formula is C19H20N4O2. The molecule has 2 aromatic rings. The quantitative estimate of drug-likeness (QED) is 0.907. The van der Waals surface area contributed by atoms with Crippen LogP contribution < -0.4 is 10.1 Å². The Morgan fingerprint density at radius 1 is 1.24 bits per heavy atom. The summed E-state index contributed by atoms with van der Waals surface area (Å²) in [6, 6.07) is 12.8. The van der Waals surface area contributed by atoms with E-state index in [1.807, 2.05) is 25.3 Å². The first kappa shape index (κ1) is 18.1. The van der Waals surface area contributed by atoms with Crippen molar-refractivity contribution in [2.24, 2.45) is 0 Å². The summed E-state index contributed by atoms with van der Waals surface area (Å²) in [7, 11) is 0. The highest BCUT2D eigenvalue weighted by Gasteiger charge is 2.19. The van der Waals surface area contributed by atoms with Crippen molar-refractivity contribution in [3.63, 3.8) is 0 Å². The predicted octanol–water partition coefficient (Wildman–Crippen LogP) is 3.20. The molecule has 0 saturated carbocycles.